The number of methoxy groups -OCH3 is 1. The summed E-state index contributed by atoms with van der Waals surface area (Å²) in [7, 11) is 1.66. The van der Waals surface area contributed by atoms with Crippen molar-refractivity contribution in [3.8, 4) is 5.75 Å². The Morgan fingerprint density at radius 2 is 2.06 bits per heavy atom. The van der Waals surface area contributed by atoms with E-state index in [0.29, 0.717) is 5.22 Å². The molecule has 3 nitrogen and oxygen atoms in total. The molecule has 96 valence electrons. The largest absolute Gasteiger partial charge is 0.496 e. The Bertz CT molecular complexity index is 510. The van der Waals surface area contributed by atoms with Gasteiger partial charge in [0.15, 0.2) is 5.22 Å². The molecular weight excluding hydrogens is 250 g/mol. The van der Waals surface area contributed by atoms with Gasteiger partial charge in [0.05, 0.1) is 13.2 Å². The van der Waals surface area contributed by atoms with Crippen LogP contribution >= 0.6 is 11.6 Å². The molecule has 0 aliphatic rings. The molecule has 1 heterocycles. The van der Waals surface area contributed by atoms with Crippen molar-refractivity contribution in [1.82, 2.24) is 5.32 Å². The minimum atomic E-state index is -0.0568. The lowest BCUT2D eigenvalue weighted by molar-refractivity contribution is 0.394. The summed E-state index contributed by atoms with van der Waals surface area (Å²) in [5, 5.41) is 3.76. The maximum Gasteiger partial charge on any atom is 0.193 e. The Morgan fingerprint density at radius 3 is 2.67 bits per heavy atom. The number of hydrogen-bond acceptors (Lipinski definition) is 3. The first-order valence-corrected chi connectivity index (χ1v) is 6.25. The number of para-hydroxylation sites is 1. The van der Waals surface area contributed by atoms with Gasteiger partial charge >= 0.3 is 0 Å². The third-order valence-corrected chi connectivity index (χ3v) is 2.94. The lowest BCUT2D eigenvalue weighted by Gasteiger charge is -2.18. The zero-order chi connectivity index (χ0) is 13.0. The van der Waals surface area contributed by atoms with Gasteiger partial charge in [-0.3, -0.25) is 0 Å². The topological polar surface area (TPSA) is 34.4 Å². The number of rotatable bonds is 5. The summed E-state index contributed by atoms with van der Waals surface area (Å²) in [5.74, 6) is 1.61. The Balaban J connectivity index is 2.41. The van der Waals surface area contributed by atoms with Gasteiger partial charge < -0.3 is 14.5 Å². The number of furan rings is 1. The number of hydrogen-bond donors (Lipinski definition) is 1. The summed E-state index contributed by atoms with van der Waals surface area (Å²) < 4.78 is 10.9. The van der Waals surface area contributed by atoms with Crippen LogP contribution in [0.15, 0.2) is 40.8 Å². The van der Waals surface area contributed by atoms with Crippen molar-refractivity contribution in [2.45, 2.75) is 13.0 Å². The van der Waals surface area contributed by atoms with Gasteiger partial charge in [0.2, 0.25) is 0 Å². The molecule has 0 bridgehead atoms. The zero-order valence-corrected chi connectivity index (χ0v) is 11.2. The van der Waals surface area contributed by atoms with Gasteiger partial charge in [0.25, 0.3) is 0 Å². The molecule has 0 radical (unpaired) electrons. The van der Waals surface area contributed by atoms with Crippen molar-refractivity contribution in [3.63, 3.8) is 0 Å². The maximum absolute atomic E-state index is 5.84. The van der Waals surface area contributed by atoms with Crippen LogP contribution in [-0.2, 0) is 0 Å². The van der Waals surface area contributed by atoms with Crippen molar-refractivity contribution < 1.29 is 9.15 Å². The molecule has 0 aliphatic heterocycles. The third-order valence-electron chi connectivity index (χ3n) is 2.74. The van der Waals surface area contributed by atoms with Crippen molar-refractivity contribution in [2.75, 3.05) is 13.7 Å². The van der Waals surface area contributed by atoms with Gasteiger partial charge in [-0.1, -0.05) is 25.1 Å². The second kappa shape index (κ2) is 5.94. The fourth-order valence-electron chi connectivity index (χ4n) is 1.96. The molecule has 1 unspecified atom stereocenters. The van der Waals surface area contributed by atoms with E-state index in [1.165, 1.54) is 0 Å². The lowest BCUT2D eigenvalue weighted by atomic mass is 10.0. The van der Waals surface area contributed by atoms with Crippen molar-refractivity contribution in [2.24, 2.45) is 0 Å². The van der Waals surface area contributed by atoms with E-state index in [0.717, 1.165) is 23.6 Å². The molecule has 2 rings (SSSR count). The van der Waals surface area contributed by atoms with Crippen LogP contribution in [0.4, 0.5) is 0 Å². The highest BCUT2D eigenvalue weighted by molar-refractivity contribution is 6.28. The first-order valence-electron chi connectivity index (χ1n) is 5.87. The smallest absolute Gasteiger partial charge is 0.193 e. The van der Waals surface area contributed by atoms with Gasteiger partial charge in [-0.15, -0.1) is 0 Å². The summed E-state index contributed by atoms with van der Waals surface area (Å²) in [4.78, 5) is 0. The molecule has 1 N–H and O–H groups in total. The van der Waals surface area contributed by atoms with Gasteiger partial charge in [-0.2, -0.15) is 0 Å². The number of ether oxygens (including phenoxy) is 1. The first-order chi connectivity index (χ1) is 8.76. The molecule has 18 heavy (non-hydrogen) atoms. The average Bonchev–Trinajstić information content (AvgIpc) is 2.82. The fourth-order valence-corrected chi connectivity index (χ4v) is 2.11. The molecule has 1 aromatic carbocycles. The van der Waals surface area contributed by atoms with Crippen LogP contribution in [0.2, 0.25) is 5.22 Å². The molecule has 0 aliphatic carbocycles. The Hall–Kier alpha value is -1.45. The number of halogens is 1. The van der Waals surface area contributed by atoms with E-state index in [4.69, 9.17) is 20.8 Å². The predicted octanol–water partition coefficient (Wildman–Crippen LogP) is 3.64. The first kappa shape index (κ1) is 13.0. The van der Waals surface area contributed by atoms with Gasteiger partial charge in [-0.25, -0.2) is 0 Å². The minimum Gasteiger partial charge on any atom is -0.496 e. The molecule has 0 amide bonds. The van der Waals surface area contributed by atoms with E-state index in [1.54, 1.807) is 13.2 Å². The van der Waals surface area contributed by atoms with Crippen LogP contribution < -0.4 is 10.1 Å². The highest BCUT2D eigenvalue weighted by Crippen LogP contribution is 2.31. The van der Waals surface area contributed by atoms with E-state index >= 15 is 0 Å². The highest BCUT2D eigenvalue weighted by Gasteiger charge is 2.20. The monoisotopic (exact) mass is 265 g/mol. The van der Waals surface area contributed by atoms with Crippen LogP contribution in [0.5, 0.6) is 5.75 Å². The molecule has 0 spiro atoms. The second-order valence-corrected chi connectivity index (χ2v) is 4.25. The van der Waals surface area contributed by atoms with Crippen molar-refractivity contribution >= 4 is 11.6 Å². The predicted molar refractivity (Wildman–Crippen MR) is 72.2 cm³/mol. The molecule has 0 saturated carbocycles. The standard InChI is InChI=1S/C14H16ClNO2/c1-3-16-14(12-8-9-13(15)18-12)10-6-4-5-7-11(10)17-2/h4-9,14,16H,3H2,1-2H3. The Morgan fingerprint density at radius 1 is 1.28 bits per heavy atom. The van der Waals surface area contributed by atoms with Crippen molar-refractivity contribution in [1.29, 1.82) is 0 Å². The molecule has 0 fully saturated rings. The van der Waals surface area contributed by atoms with E-state index in [-0.39, 0.29) is 6.04 Å². The lowest BCUT2D eigenvalue weighted by Crippen LogP contribution is -2.22. The second-order valence-electron chi connectivity index (χ2n) is 3.87. The van der Waals surface area contributed by atoms with Crippen molar-refractivity contribution in [3.05, 3.63) is 52.9 Å². The summed E-state index contributed by atoms with van der Waals surface area (Å²) in [6, 6.07) is 11.4. The summed E-state index contributed by atoms with van der Waals surface area (Å²) in [6.45, 7) is 2.87. The average molecular weight is 266 g/mol. The van der Waals surface area contributed by atoms with Crippen LogP contribution in [0.1, 0.15) is 24.3 Å². The highest BCUT2D eigenvalue weighted by atomic mass is 35.5. The van der Waals surface area contributed by atoms with E-state index < -0.39 is 0 Å². The summed E-state index contributed by atoms with van der Waals surface area (Å²) >= 11 is 5.84. The molecular formula is C14H16ClNO2. The molecule has 4 heteroatoms. The molecule has 1 aromatic heterocycles. The van der Waals surface area contributed by atoms with Gasteiger partial charge in [0.1, 0.15) is 11.5 Å². The Kier molecular flexibility index (Phi) is 4.28. The van der Waals surface area contributed by atoms with E-state index in [9.17, 15) is 0 Å². The fraction of sp³-hybridized carbons (Fsp3) is 0.286. The maximum atomic E-state index is 5.84. The molecule has 1 atom stereocenters. The van der Waals surface area contributed by atoms with Crippen LogP contribution in [0.3, 0.4) is 0 Å². The SMILES string of the molecule is CCNC(c1ccc(Cl)o1)c1ccccc1OC. The summed E-state index contributed by atoms with van der Waals surface area (Å²) in [6.07, 6.45) is 0. The normalized spacial score (nSPS) is 12.4. The van der Waals surface area contributed by atoms with E-state index in [1.807, 2.05) is 37.3 Å². The third kappa shape index (κ3) is 2.68. The van der Waals surface area contributed by atoms with Crippen LogP contribution in [-0.4, -0.2) is 13.7 Å². The zero-order valence-electron chi connectivity index (χ0n) is 10.4. The minimum absolute atomic E-state index is 0.0568. The number of benzene rings is 1. The molecule has 0 saturated heterocycles. The number of nitrogens with one attached hydrogen (secondary N) is 1. The van der Waals surface area contributed by atoms with Crippen LogP contribution in [0.25, 0.3) is 0 Å². The molecule has 2 aromatic rings. The van der Waals surface area contributed by atoms with Gasteiger partial charge in [-0.05, 0) is 36.3 Å². The summed E-state index contributed by atoms with van der Waals surface area (Å²) in [5.41, 5.74) is 1.04. The van der Waals surface area contributed by atoms with Crippen LogP contribution in [0, 0.1) is 0 Å². The Labute approximate surface area is 112 Å². The quantitative estimate of drug-likeness (QED) is 0.896. The van der Waals surface area contributed by atoms with E-state index in [2.05, 4.69) is 5.32 Å². The van der Waals surface area contributed by atoms with Gasteiger partial charge in [0, 0.05) is 5.56 Å².